The highest BCUT2D eigenvalue weighted by molar-refractivity contribution is 8.00. The molecule has 1 heterocycles. The molecule has 37 heavy (non-hydrogen) atoms. The Bertz CT molecular complexity index is 1130. The summed E-state index contributed by atoms with van der Waals surface area (Å²) in [7, 11) is 1.38. The standard InChI is InChI=1S/C28H31NO5S3/c1-34-25(28(32)33)26(37-22-15-13-20(14-16-22)27(30)31)24-23(12-9-17-29-24)36-19-8-3-2-7-18-35-21-10-5-4-6-11-21/h4-6,9-17,25-26H,2-3,7-8,18-19H2,1H3,(H,30,31)(H,32,33). The molecule has 2 aromatic carbocycles. The van der Waals surface area contributed by atoms with Gasteiger partial charge >= 0.3 is 11.9 Å². The van der Waals surface area contributed by atoms with Gasteiger partial charge in [-0.3, -0.25) is 4.98 Å². The van der Waals surface area contributed by atoms with E-state index in [4.69, 9.17) is 9.84 Å². The van der Waals surface area contributed by atoms with Gasteiger partial charge in [0.05, 0.1) is 16.5 Å². The lowest BCUT2D eigenvalue weighted by Crippen LogP contribution is -2.29. The first-order chi connectivity index (χ1) is 18.0. The van der Waals surface area contributed by atoms with Crippen LogP contribution in [0.5, 0.6) is 0 Å². The maximum atomic E-state index is 12.0. The number of benzene rings is 2. The average Bonchev–Trinajstić information content (AvgIpc) is 2.91. The van der Waals surface area contributed by atoms with Gasteiger partial charge in [-0.25, -0.2) is 9.59 Å². The summed E-state index contributed by atoms with van der Waals surface area (Å²) in [4.78, 5) is 30.7. The number of methoxy groups -OCH3 is 1. The Morgan fingerprint density at radius 1 is 0.838 bits per heavy atom. The van der Waals surface area contributed by atoms with Crippen LogP contribution >= 0.6 is 35.3 Å². The Labute approximate surface area is 230 Å². The molecule has 0 fully saturated rings. The van der Waals surface area contributed by atoms with Gasteiger partial charge in [0.15, 0.2) is 6.10 Å². The van der Waals surface area contributed by atoms with E-state index in [-0.39, 0.29) is 5.56 Å². The number of hydrogen-bond acceptors (Lipinski definition) is 7. The van der Waals surface area contributed by atoms with Crippen LogP contribution in [0.1, 0.15) is 47.0 Å². The molecule has 6 nitrogen and oxygen atoms in total. The Balaban J connectivity index is 1.58. The second-order valence-electron chi connectivity index (χ2n) is 8.17. The minimum Gasteiger partial charge on any atom is -0.479 e. The molecule has 3 rings (SSSR count). The molecule has 3 aromatic rings. The fourth-order valence-corrected chi connectivity index (χ4v) is 6.94. The smallest absolute Gasteiger partial charge is 0.335 e. The van der Waals surface area contributed by atoms with E-state index in [9.17, 15) is 14.7 Å². The number of unbranched alkanes of at least 4 members (excludes halogenated alkanes) is 3. The third-order valence-electron chi connectivity index (χ3n) is 5.51. The molecular weight excluding hydrogens is 527 g/mol. The molecule has 2 unspecified atom stereocenters. The van der Waals surface area contributed by atoms with E-state index in [1.54, 1.807) is 30.1 Å². The lowest BCUT2D eigenvalue weighted by Gasteiger charge is -2.24. The molecule has 0 saturated carbocycles. The number of rotatable bonds is 16. The Morgan fingerprint density at radius 3 is 2.14 bits per heavy atom. The van der Waals surface area contributed by atoms with Gasteiger partial charge < -0.3 is 14.9 Å². The van der Waals surface area contributed by atoms with Crippen molar-refractivity contribution < 1.29 is 24.5 Å². The molecular formula is C28H31NO5S3. The van der Waals surface area contributed by atoms with E-state index in [2.05, 4.69) is 29.2 Å². The van der Waals surface area contributed by atoms with Gasteiger partial charge in [0, 0.05) is 28.0 Å². The SMILES string of the molecule is COC(C(=O)O)C(Sc1ccc(C(=O)O)cc1)c1ncccc1SCCCCCCSc1ccccc1. The summed E-state index contributed by atoms with van der Waals surface area (Å²) in [6.45, 7) is 0. The minimum absolute atomic E-state index is 0.176. The zero-order valence-electron chi connectivity index (χ0n) is 20.6. The van der Waals surface area contributed by atoms with Crippen molar-refractivity contribution in [1.29, 1.82) is 0 Å². The van der Waals surface area contributed by atoms with Crippen LogP contribution in [0, 0.1) is 0 Å². The predicted molar refractivity (Wildman–Crippen MR) is 151 cm³/mol. The second kappa shape index (κ2) is 15.7. The van der Waals surface area contributed by atoms with Gasteiger partial charge in [-0.05, 0) is 72.9 Å². The molecule has 0 amide bonds. The number of aromatic carboxylic acids is 1. The van der Waals surface area contributed by atoms with Crippen LogP contribution in [0.25, 0.3) is 0 Å². The van der Waals surface area contributed by atoms with Crippen molar-refractivity contribution >= 4 is 47.2 Å². The number of carboxylic acids is 2. The third kappa shape index (κ3) is 9.41. The molecule has 196 valence electrons. The van der Waals surface area contributed by atoms with Crippen molar-refractivity contribution in [1.82, 2.24) is 4.98 Å². The first-order valence-corrected chi connectivity index (χ1v) is 14.9. The maximum Gasteiger partial charge on any atom is 0.335 e. The first-order valence-electron chi connectivity index (χ1n) is 12.0. The van der Waals surface area contributed by atoms with Crippen molar-refractivity contribution in [2.45, 2.75) is 51.7 Å². The largest absolute Gasteiger partial charge is 0.479 e. The normalized spacial score (nSPS) is 12.7. The number of hydrogen-bond donors (Lipinski definition) is 2. The monoisotopic (exact) mass is 557 g/mol. The fourth-order valence-electron chi connectivity index (χ4n) is 3.62. The zero-order valence-corrected chi connectivity index (χ0v) is 23.1. The van der Waals surface area contributed by atoms with Gasteiger partial charge in [0.1, 0.15) is 0 Å². The van der Waals surface area contributed by atoms with Crippen molar-refractivity contribution in [2.24, 2.45) is 0 Å². The summed E-state index contributed by atoms with van der Waals surface area (Å²) < 4.78 is 5.36. The lowest BCUT2D eigenvalue weighted by molar-refractivity contribution is -0.148. The Kier molecular flexibility index (Phi) is 12.4. The van der Waals surface area contributed by atoms with E-state index < -0.39 is 23.3 Å². The van der Waals surface area contributed by atoms with Crippen molar-refractivity contribution in [3.8, 4) is 0 Å². The summed E-state index contributed by atoms with van der Waals surface area (Å²) in [5.41, 5.74) is 0.837. The molecule has 0 bridgehead atoms. The quantitative estimate of drug-likeness (QED) is 0.140. The van der Waals surface area contributed by atoms with Crippen molar-refractivity contribution in [3.63, 3.8) is 0 Å². The molecule has 0 aliphatic heterocycles. The van der Waals surface area contributed by atoms with Crippen LogP contribution in [0.15, 0.2) is 87.6 Å². The van der Waals surface area contributed by atoms with Crippen molar-refractivity contribution in [2.75, 3.05) is 18.6 Å². The highest BCUT2D eigenvalue weighted by Crippen LogP contribution is 2.42. The number of carbonyl (C=O) groups is 2. The zero-order chi connectivity index (χ0) is 26.5. The molecule has 9 heteroatoms. The van der Waals surface area contributed by atoms with Crippen LogP contribution < -0.4 is 0 Å². The van der Waals surface area contributed by atoms with E-state index in [1.807, 2.05) is 30.0 Å². The highest BCUT2D eigenvalue weighted by atomic mass is 32.2. The fraction of sp³-hybridized carbons (Fsp3) is 0.321. The van der Waals surface area contributed by atoms with Crippen LogP contribution in [-0.2, 0) is 9.53 Å². The minimum atomic E-state index is -1.11. The van der Waals surface area contributed by atoms with E-state index in [0.717, 1.165) is 34.1 Å². The maximum absolute atomic E-state index is 12.0. The summed E-state index contributed by atoms with van der Waals surface area (Å²) in [5, 5.41) is 18.4. The summed E-state index contributed by atoms with van der Waals surface area (Å²) in [6, 6.07) is 20.7. The average molecular weight is 558 g/mol. The molecule has 2 atom stereocenters. The molecule has 1 aromatic heterocycles. The number of aliphatic carboxylic acids is 1. The molecule has 0 aliphatic rings. The van der Waals surface area contributed by atoms with Crippen LogP contribution in [0.3, 0.4) is 0 Å². The molecule has 2 N–H and O–H groups in total. The number of pyridine rings is 1. The summed E-state index contributed by atoms with van der Waals surface area (Å²) in [6.07, 6.45) is 5.11. The van der Waals surface area contributed by atoms with E-state index in [0.29, 0.717) is 5.69 Å². The topological polar surface area (TPSA) is 96.7 Å². The third-order valence-corrected chi connectivity index (χ3v) is 9.03. The number of ether oxygens (including phenoxy) is 1. The summed E-state index contributed by atoms with van der Waals surface area (Å²) in [5.74, 6) is -0.0482. The van der Waals surface area contributed by atoms with Gasteiger partial charge in [-0.1, -0.05) is 31.0 Å². The van der Waals surface area contributed by atoms with E-state index >= 15 is 0 Å². The number of nitrogens with zero attached hydrogens (tertiary/aromatic N) is 1. The van der Waals surface area contributed by atoms with Crippen LogP contribution in [-0.4, -0.2) is 51.9 Å². The van der Waals surface area contributed by atoms with Crippen LogP contribution in [0.4, 0.5) is 0 Å². The molecule has 0 radical (unpaired) electrons. The predicted octanol–water partition coefficient (Wildman–Crippen LogP) is 7.16. The lowest BCUT2D eigenvalue weighted by atomic mass is 10.1. The number of carboxylic acid groups (broad SMARTS) is 2. The van der Waals surface area contributed by atoms with Gasteiger partial charge in [0.2, 0.25) is 0 Å². The van der Waals surface area contributed by atoms with E-state index in [1.165, 1.54) is 48.7 Å². The summed E-state index contributed by atoms with van der Waals surface area (Å²) >= 11 is 4.89. The Hall–Kier alpha value is -2.46. The Morgan fingerprint density at radius 2 is 1.51 bits per heavy atom. The van der Waals surface area contributed by atoms with Crippen LogP contribution in [0.2, 0.25) is 0 Å². The van der Waals surface area contributed by atoms with Crippen molar-refractivity contribution in [3.05, 3.63) is 84.2 Å². The first kappa shape index (κ1) is 29.1. The molecule has 0 spiro atoms. The van der Waals surface area contributed by atoms with Gasteiger partial charge in [0.25, 0.3) is 0 Å². The highest BCUT2D eigenvalue weighted by Gasteiger charge is 2.33. The number of thioether (sulfide) groups is 3. The molecule has 0 saturated heterocycles. The van der Waals surface area contributed by atoms with Gasteiger partial charge in [-0.15, -0.1) is 35.3 Å². The molecule has 0 aliphatic carbocycles. The number of aromatic nitrogens is 1. The second-order valence-corrected chi connectivity index (χ2v) is 11.7. The van der Waals surface area contributed by atoms with Gasteiger partial charge in [-0.2, -0.15) is 0 Å².